The van der Waals surface area contributed by atoms with Gasteiger partial charge < -0.3 is 0 Å². The van der Waals surface area contributed by atoms with E-state index in [0.717, 1.165) is 37.8 Å². The van der Waals surface area contributed by atoms with Crippen molar-refractivity contribution in [3.63, 3.8) is 0 Å². The summed E-state index contributed by atoms with van der Waals surface area (Å²) in [5, 5.41) is 1.08. The van der Waals surface area contributed by atoms with Crippen LogP contribution < -0.4 is 13.7 Å². The SMILES string of the molecule is BrCCCC[n+]1ccc(-c2cc[n+](CCCC[n+]3ccc(-c4ccncc4)cc3)cc2)cc1. The fraction of sp³-hybridized carbons (Fsp3) is 0.286. The number of unbranched alkanes of at least 4 members (excludes halogenated alkanes) is 2. The first kappa shape index (κ1) is 23.2. The molecule has 0 radical (unpaired) electrons. The number of alkyl halides is 1. The van der Waals surface area contributed by atoms with Crippen molar-refractivity contribution in [2.45, 2.75) is 45.3 Å². The van der Waals surface area contributed by atoms with E-state index < -0.39 is 0 Å². The second-order valence-corrected chi connectivity index (χ2v) is 9.11. The summed E-state index contributed by atoms with van der Waals surface area (Å²) in [6.45, 7) is 3.15. The predicted molar refractivity (Wildman–Crippen MR) is 134 cm³/mol. The normalized spacial score (nSPS) is 10.9. The molecule has 0 bridgehead atoms. The first-order valence-corrected chi connectivity index (χ1v) is 12.9. The van der Waals surface area contributed by atoms with Gasteiger partial charge in [-0.15, -0.1) is 0 Å². The van der Waals surface area contributed by atoms with Crippen LogP contribution >= 0.6 is 15.9 Å². The van der Waals surface area contributed by atoms with Gasteiger partial charge in [0.2, 0.25) is 0 Å². The van der Waals surface area contributed by atoms with Crippen molar-refractivity contribution >= 4 is 15.9 Å². The zero-order chi connectivity index (χ0) is 22.7. The van der Waals surface area contributed by atoms with Crippen molar-refractivity contribution in [1.82, 2.24) is 4.98 Å². The molecule has 0 unspecified atom stereocenters. The molecule has 0 fully saturated rings. The van der Waals surface area contributed by atoms with Gasteiger partial charge in [-0.1, -0.05) is 15.9 Å². The van der Waals surface area contributed by atoms with Crippen molar-refractivity contribution in [3.05, 3.63) is 98.1 Å². The highest BCUT2D eigenvalue weighted by atomic mass is 79.9. The molecule has 4 nitrogen and oxygen atoms in total. The monoisotopic (exact) mass is 503 g/mol. The van der Waals surface area contributed by atoms with Gasteiger partial charge in [-0.2, -0.15) is 0 Å². The molecule has 0 aromatic carbocycles. The lowest BCUT2D eigenvalue weighted by Gasteiger charge is -2.02. The minimum atomic E-state index is 1.04. The van der Waals surface area contributed by atoms with Crippen LogP contribution in [0.5, 0.6) is 0 Å². The molecule has 4 aromatic heterocycles. The van der Waals surface area contributed by atoms with E-state index in [1.54, 1.807) is 0 Å². The number of nitrogens with zero attached hydrogens (tertiary/aromatic N) is 4. The minimum absolute atomic E-state index is 1.04. The summed E-state index contributed by atoms with van der Waals surface area (Å²) < 4.78 is 6.81. The van der Waals surface area contributed by atoms with Gasteiger partial charge >= 0.3 is 0 Å². The zero-order valence-corrected chi connectivity index (χ0v) is 20.6. The van der Waals surface area contributed by atoms with E-state index in [-0.39, 0.29) is 0 Å². The first-order valence-electron chi connectivity index (χ1n) is 11.8. The van der Waals surface area contributed by atoms with Crippen LogP contribution in [0.3, 0.4) is 0 Å². The Kier molecular flexibility index (Phi) is 8.70. The summed E-state index contributed by atoms with van der Waals surface area (Å²) in [6, 6.07) is 17.3. The smallest absolute Gasteiger partial charge is 0.169 e. The van der Waals surface area contributed by atoms with Crippen LogP contribution in [0.4, 0.5) is 0 Å². The average Bonchev–Trinajstić information content (AvgIpc) is 2.88. The van der Waals surface area contributed by atoms with E-state index >= 15 is 0 Å². The van der Waals surface area contributed by atoms with Gasteiger partial charge in [0.15, 0.2) is 37.2 Å². The van der Waals surface area contributed by atoms with Crippen LogP contribution in [-0.4, -0.2) is 10.3 Å². The standard InChI is InChI=1S/C28H32BrN4/c29-13-1-2-16-31-21-9-27(10-22-31)28-11-23-33(24-12-28)18-4-3-17-32-19-7-26(8-20-32)25-5-14-30-15-6-25/h5-12,14-15,19-24H,1-4,13,16-18H2/q+3. The van der Waals surface area contributed by atoms with Crippen molar-refractivity contribution in [2.24, 2.45) is 0 Å². The Bertz CT molecular complexity index is 1100. The lowest BCUT2D eigenvalue weighted by atomic mass is 10.1. The van der Waals surface area contributed by atoms with E-state index in [1.807, 2.05) is 24.5 Å². The topological polar surface area (TPSA) is 24.5 Å². The molecule has 4 rings (SSSR count). The van der Waals surface area contributed by atoms with E-state index in [0.29, 0.717) is 0 Å². The Hall–Kier alpha value is -2.92. The van der Waals surface area contributed by atoms with Crippen LogP contribution in [0.25, 0.3) is 22.3 Å². The highest BCUT2D eigenvalue weighted by Crippen LogP contribution is 2.16. The summed E-state index contributed by atoms with van der Waals surface area (Å²) in [5.74, 6) is 0. The molecule has 0 amide bonds. The van der Waals surface area contributed by atoms with Gasteiger partial charge in [0.1, 0.15) is 19.6 Å². The molecule has 4 aromatic rings. The number of halogens is 1. The first-order chi connectivity index (χ1) is 16.3. The maximum atomic E-state index is 4.09. The molecule has 0 aliphatic carbocycles. The number of rotatable bonds is 11. The number of aromatic nitrogens is 4. The predicted octanol–water partition coefficient (Wildman–Crippen LogP) is 4.93. The molecule has 0 aliphatic rings. The van der Waals surface area contributed by atoms with E-state index in [2.05, 4.69) is 108 Å². The quantitative estimate of drug-likeness (QED) is 0.162. The van der Waals surface area contributed by atoms with Crippen LogP contribution in [0.2, 0.25) is 0 Å². The fourth-order valence-electron chi connectivity index (χ4n) is 3.92. The van der Waals surface area contributed by atoms with Crippen molar-refractivity contribution in [1.29, 1.82) is 0 Å². The highest BCUT2D eigenvalue weighted by molar-refractivity contribution is 9.09. The third kappa shape index (κ3) is 7.03. The Balaban J connectivity index is 1.22. The van der Waals surface area contributed by atoms with E-state index in [9.17, 15) is 0 Å². The van der Waals surface area contributed by atoms with Crippen LogP contribution in [0.15, 0.2) is 98.1 Å². The summed E-state index contributed by atoms with van der Waals surface area (Å²) in [5.41, 5.74) is 4.97. The van der Waals surface area contributed by atoms with Gasteiger partial charge in [-0.25, -0.2) is 13.7 Å². The number of hydrogen-bond donors (Lipinski definition) is 0. The Morgan fingerprint density at radius 3 is 1.18 bits per heavy atom. The van der Waals surface area contributed by atoms with Gasteiger partial charge in [-0.05, 0) is 40.8 Å². The molecule has 33 heavy (non-hydrogen) atoms. The highest BCUT2D eigenvalue weighted by Gasteiger charge is 2.07. The molecule has 168 valence electrons. The molecule has 0 aliphatic heterocycles. The zero-order valence-electron chi connectivity index (χ0n) is 19.1. The number of pyridine rings is 4. The molecule has 0 atom stereocenters. The van der Waals surface area contributed by atoms with Gasteiger partial charge in [0.25, 0.3) is 0 Å². The number of hydrogen-bond acceptors (Lipinski definition) is 1. The molecule has 4 heterocycles. The molecular formula is C28H32BrN4+3. The average molecular weight is 504 g/mol. The van der Waals surface area contributed by atoms with Gasteiger partial charge in [0, 0.05) is 73.4 Å². The Morgan fingerprint density at radius 2 is 0.818 bits per heavy atom. The molecule has 5 heteroatoms. The lowest BCUT2D eigenvalue weighted by molar-refractivity contribution is -0.708. The fourth-order valence-corrected chi connectivity index (χ4v) is 4.32. The number of aryl methyl sites for hydroxylation is 3. The van der Waals surface area contributed by atoms with Crippen LogP contribution in [0.1, 0.15) is 25.7 Å². The third-order valence-corrected chi connectivity index (χ3v) is 6.46. The molecule has 0 N–H and O–H groups in total. The third-order valence-electron chi connectivity index (χ3n) is 5.90. The van der Waals surface area contributed by atoms with E-state index in [4.69, 9.17) is 0 Å². The lowest BCUT2D eigenvalue weighted by Crippen LogP contribution is -2.35. The largest absolute Gasteiger partial charge is 0.265 e. The minimum Gasteiger partial charge on any atom is -0.265 e. The van der Waals surface area contributed by atoms with Gasteiger partial charge in [-0.3, -0.25) is 4.98 Å². The van der Waals surface area contributed by atoms with Crippen molar-refractivity contribution in [3.8, 4) is 22.3 Å². The Labute approximate surface area is 205 Å². The van der Waals surface area contributed by atoms with Crippen molar-refractivity contribution < 1.29 is 13.7 Å². The van der Waals surface area contributed by atoms with E-state index in [1.165, 1.54) is 35.1 Å². The Morgan fingerprint density at radius 1 is 0.485 bits per heavy atom. The maximum Gasteiger partial charge on any atom is 0.169 e. The summed E-state index contributed by atoms with van der Waals surface area (Å²) >= 11 is 3.50. The van der Waals surface area contributed by atoms with Crippen LogP contribution in [0, 0.1) is 0 Å². The molecule has 0 spiro atoms. The summed E-state index contributed by atoms with van der Waals surface area (Å²) in [7, 11) is 0. The molecular weight excluding hydrogens is 472 g/mol. The summed E-state index contributed by atoms with van der Waals surface area (Å²) in [4.78, 5) is 4.09. The van der Waals surface area contributed by atoms with Crippen molar-refractivity contribution in [2.75, 3.05) is 5.33 Å². The summed E-state index contributed by atoms with van der Waals surface area (Å²) in [6.07, 6.45) is 21.5. The second-order valence-electron chi connectivity index (χ2n) is 8.31. The molecule has 0 saturated carbocycles. The molecule has 0 saturated heterocycles. The van der Waals surface area contributed by atoms with Crippen LogP contribution in [-0.2, 0) is 19.6 Å². The van der Waals surface area contributed by atoms with Gasteiger partial charge in [0.05, 0.1) is 0 Å². The maximum absolute atomic E-state index is 4.09. The second kappa shape index (κ2) is 12.4.